The fourth-order valence-corrected chi connectivity index (χ4v) is 5.67. The summed E-state index contributed by atoms with van der Waals surface area (Å²) < 4.78 is 0. The van der Waals surface area contributed by atoms with Gasteiger partial charge in [0.2, 0.25) is 17.7 Å². The Bertz CT molecular complexity index is 940. The van der Waals surface area contributed by atoms with Crippen LogP contribution in [-0.4, -0.2) is 83.6 Å². The van der Waals surface area contributed by atoms with Gasteiger partial charge in [-0.2, -0.15) is 0 Å². The highest BCUT2D eigenvalue weighted by Crippen LogP contribution is 2.36. The monoisotopic (exact) mass is 577 g/mol. The topological polar surface area (TPSA) is 128 Å². The number of ketones is 1. The maximum absolute atomic E-state index is 14.0. The Kier molecular flexibility index (Phi) is 12.6. The Labute approximate surface area is 247 Å². The fraction of sp³-hybridized carbons (Fsp3) is 0.839. The summed E-state index contributed by atoms with van der Waals surface area (Å²) in [7, 11) is 0. The smallest absolute Gasteiger partial charge is 0.315 e. The molecular formula is C31H55N5O5. The van der Waals surface area contributed by atoms with Gasteiger partial charge in [-0.25, -0.2) is 4.79 Å². The molecule has 2 fully saturated rings. The van der Waals surface area contributed by atoms with Gasteiger partial charge in [-0.05, 0) is 49.9 Å². The molecule has 1 aliphatic heterocycles. The highest BCUT2D eigenvalue weighted by Gasteiger charge is 2.48. The van der Waals surface area contributed by atoms with Crippen LogP contribution in [0.25, 0.3) is 0 Å². The van der Waals surface area contributed by atoms with Crippen LogP contribution in [0.2, 0.25) is 0 Å². The lowest BCUT2D eigenvalue weighted by atomic mass is 9.80. The lowest BCUT2D eigenvalue weighted by molar-refractivity contribution is -0.142. The third-order valence-corrected chi connectivity index (χ3v) is 8.46. The van der Waals surface area contributed by atoms with Crippen molar-refractivity contribution in [3.63, 3.8) is 0 Å². The highest BCUT2D eigenvalue weighted by molar-refractivity contribution is 5.95. The van der Waals surface area contributed by atoms with Crippen molar-refractivity contribution in [2.75, 3.05) is 26.2 Å². The van der Waals surface area contributed by atoms with E-state index in [0.29, 0.717) is 38.4 Å². The zero-order chi connectivity index (χ0) is 31.0. The summed E-state index contributed by atoms with van der Waals surface area (Å²) in [5, 5.41) is 8.35. The number of amides is 5. The summed E-state index contributed by atoms with van der Waals surface area (Å²) in [5.41, 5.74) is -0.968. The zero-order valence-corrected chi connectivity index (χ0v) is 26.7. The van der Waals surface area contributed by atoms with Crippen LogP contribution >= 0.6 is 0 Å². The van der Waals surface area contributed by atoms with Crippen molar-refractivity contribution >= 4 is 29.5 Å². The van der Waals surface area contributed by atoms with Gasteiger partial charge >= 0.3 is 6.03 Å². The quantitative estimate of drug-likeness (QED) is 0.272. The molecule has 0 spiro atoms. The molecule has 10 heteroatoms. The molecule has 0 radical (unpaired) electrons. The Balaban J connectivity index is 2.10. The minimum Gasteiger partial charge on any atom is -0.345 e. The second-order valence-corrected chi connectivity index (χ2v) is 13.9. The fourth-order valence-electron chi connectivity index (χ4n) is 5.67. The Morgan fingerprint density at radius 2 is 1.68 bits per heavy atom. The maximum atomic E-state index is 14.0. The normalized spacial score (nSPS) is 20.0. The molecule has 0 aromatic rings. The molecule has 0 bridgehead atoms. The second-order valence-electron chi connectivity index (χ2n) is 13.9. The molecule has 1 saturated heterocycles. The Morgan fingerprint density at radius 3 is 2.20 bits per heavy atom. The molecule has 1 heterocycles. The average molecular weight is 578 g/mol. The van der Waals surface area contributed by atoms with Crippen molar-refractivity contribution in [1.29, 1.82) is 0 Å². The molecule has 0 aromatic heterocycles. The molecule has 41 heavy (non-hydrogen) atoms. The summed E-state index contributed by atoms with van der Waals surface area (Å²) in [5.74, 6) is -0.473. The number of nitrogens with one attached hydrogen (secondary N) is 3. The van der Waals surface area contributed by atoms with Crippen LogP contribution in [0.1, 0.15) is 107 Å². The molecule has 3 unspecified atom stereocenters. The number of rotatable bonds is 14. The molecule has 2 aliphatic rings. The number of nitrogens with zero attached hydrogens (tertiary/aromatic N) is 2. The van der Waals surface area contributed by atoms with Crippen molar-refractivity contribution in [3.8, 4) is 0 Å². The summed E-state index contributed by atoms with van der Waals surface area (Å²) in [6.45, 7) is 16.5. The largest absolute Gasteiger partial charge is 0.345 e. The number of likely N-dealkylation sites (N-methyl/N-ethyl adjacent to an activating group) is 1. The van der Waals surface area contributed by atoms with Crippen molar-refractivity contribution in [1.82, 2.24) is 25.8 Å². The lowest BCUT2D eigenvalue weighted by Gasteiger charge is -2.36. The van der Waals surface area contributed by atoms with Crippen LogP contribution in [0.5, 0.6) is 0 Å². The molecule has 5 amide bonds. The summed E-state index contributed by atoms with van der Waals surface area (Å²) in [6, 6.07) is -2.82. The molecule has 0 aromatic carbocycles. The van der Waals surface area contributed by atoms with E-state index in [2.05, 4.69) is 22.9 Å². The molecule has 3 atom stereocenters. The molecule has 10 nitrogen and oxygen atoms in total. The Hall–Kier alpha value is -2.65. The van der Waals surface area contributed by atoms with Gasteiger partial charge in [0.15, 0.2) is 5.78 Å². The SMILES string of the molecule is CCCCCN(CC)C(=O)CNC(=O)NC(C(=O)N1CC(C)(C)CC1C(=O)NC(CC1CCC1)C(C)=O)C(C)(C)C. The van der Waals surface area contributed by atoms with Gasteiger partial charge in [0, 0.05) is 19.6 Å². The number of unbranched alkanes of at least 4 members (excludes halogenated alkanes) is 2. The van der Waals surface area contributed by atoms with Crippen LogP contribution in [0, 0.1) is 16.7 Å². The van der Waals surface area contributed by atoms with Crippen LogP contribution in [0.15, 0.2) is 0 Å². The van der Waals surface area contributed by atoms with E-state index in [0.717, 1.165) is 38.5 Å². The van der Waals surface area contributed by atoms with E-state index in [1.807, 2.05) is 41.5 Å². The van der Waals surface area contributed by atoms with Crippen LogP contribution in [0.3, 0.4) is 0 Å². The third-order valence-electron chi connectivity index (χ3n) is 8.46. The highest BCUT2D eigenvalue weighted by atomic mass is 16.2. The summed E-state index contributed by atoms with van der Waals surface area (Å²) >= 11 is 0. The third kappa shape index (κ3) is 10.3. The number of hydrogen-bond acceptors (Lipinski definition) is 5. The first kappa shape index (κ1) is 34.6. The van der Waals surface area contributed by atoms with Gasteiger partial charge in [0.05, 0.1) is 12.6 Å². The van der Waals surface area contributed by atoms with Gasteiger partial charge < -0.3 is 25.8 Å². The van der Waals surface area contributed by atoms with Gasteiger partial charge in [-0.3, -0.25) is 19.2 Å². The van der Waals surface area contributed by atoms with Crippen molar-refractivity contribution in [3.05, 3.63) is 0 Å². The van der Waals surface area contributed by atoms with Crippen molar-refractivity contribution in [2.45, 2.75) is 125 Å². The predicted molar refractivity (Wildman–Crippen MR) is 160 cm³/mol. The number of likely N-dealkylation sites (tertiary alicyclic amines) is 1. The van der Waals surface area contributed by atoms with Gasteiger partial charge in [0.1, 0.15) is 12.1 Å². The van der Waals surface area contributed by atoms with E-state index < -0.39 is 29.6 Å². The first-order valence-electron chi connectivity index (χ1n) is 15.5. The van der Waals surface area contributed by atoms with Gasteiger partial charge in [0.25, 0.3) is 0 Å². The van der Waals surface area contributed by atoms with Crippen molar-refractivity contribution in [2.24, 2.45) is 16.7 Å². The first-order chi connectivity index (χ1) is 19.1. The van der Waals surface area contributed by atoms with Crippen LogP contribution in [-0.2, 0) is 19.2 Å². The lowest BCUT2D eigenvalue weighted by Crippen LogP contribution is -2.60. The Morgan fingerprint density at radius 1 is 1.02 bits per heavy atom. The molecule has 1 saturated carbocycles. The van der Waals surface area contributed by atoms with Gasteiger partial charge in [-0.15, -0.1) is 0 Å². The predicted octanol–water partition coefficient (Wildman–Crippen LogP) is 3.63. The standard InChI is InChI=1S/C31H55N5O5/c1-9-11-12-16-35(10-2)25(38)19-32-29(41)34-26(30(4,5)6)28(40)36-20-31(7,8)18-24(36)27(39)33-23(21(3)37)17-22-14-13-15-22/h22-24,26H,9-20H2,1-8H3,(H,33,39)(H2,32,34,41). The number of hydrogen-bond donors (Lipinski definition) is 3. The summed E-state index contributed by atoms with van der Waals surface area (Å²) in [6.07, 6.45) is 7.40. The average Bonchev–Trinajstić information content (AvgIpc) is 3.19. The molecule has 3 N–H and O–H groups in total. The minimum absolute atomic E-state index is 0.0761. The van der Waals surface area contributed by atoms with E-state index >= 15 is 0 Å². The second kappa shape index (κ2) is 15.0. The number of urea groups is 1. The van der Waals surface area contributed by atoms with Gasteiger partial charge in [-0.1, -0.05) is 73.6 Å². The van der Waals surface area contributed by atoms with E-state index in [1.165, 1.54) is 6.92 Å². The van der Waals surface area contributed by atoms with Crippen LogP contribution < -0.4 is 16.0 Å². The number of carbonyl (C=O) groups is 5. The number of Topliss-reactive ketones (excluding diaryl/α,β-unsaturated/α-hetero) is 1. The van der Waals surface area contributed by atoms with E-state index in [-0.39, 0.29) is 35.5 Å². The first-order valence-corrected chi connectivity index (χ1v) is 15.5. The molecule has 1 aliphatic carbocycles. The number of carbonyl (C=O) groups excluding carboxylic acids is 5. The minimum atomic E-state index is -0.924. The molecular weight excluding hydrogens is 522 g/mol. The van der Waals surface area contributed by atoms with Crippen molar-refractivity contribution < 1.29 is 24.0 Å². The molecule has 234 valence electrons. The van der Waals surface area contributed by atoms with E-state index in [4.69, 9.17) is 0 Å². The maximum Gasteiger partial charge on any atom is 0.315 e. The van der Waals surface area contributed by atoms with E-state index in [9.17, 15) is 24.0 Å². The van der Waals surface area contributed by atoms with E-state index in [1.54, 1.807) is 9.80 Å². The summed E-state index contributed by atoms with van der Waals surface area (Å²) in [4.78, 5) is 68.7. The van der Waals surface area contributed by atoms with Crippen LogP contribution in [0.4, 0.5) is 4.79 Å². The zero-order valence-electron chi connectivity index (χ0n) is 26.7. The molecule has 2 rings (SSSR count).